The van der Waals surface area contributed by atoms with Gasteiger partial charge in [-0.15, -0.1) is 0 Å². The molecule has 2 aromatic heterocycles. The summed E-state index contributed by atoms with van der Waals surface area (Å²) in [7, 11) is 5.97. The first-order chi connectivity index (χ1) is 8.59. The zero-order valence-electron chi connectivity index (χ0n) is 11.3. The highest BCUT2D eigenvalue weighted by Crippen LogP contribution is 2.24. The van der Waals surface area contributed by atoms with Crippen LogP contribution in [0.1, 0.15) is 18.8 Å². The number of nitrogens with zero attached hydrogens (tertiary/aromatic N) is 4. The Morgan fingerprint density at radius 1 is 1.28 bits per heavy atom. The topological polar surface area (TPSA) is 46.0 Å². The molecule has 2 aromatic rings. The van der Waals surface area contributed by atoms with Crippen molar-refractivity contribution in [3.63, 3.8) is 0 Å². The Labute approximate surface area is 107 Å². The summed E-state index contributed by atoms with van der Waals surface area (Å²) in [6, 6.07) is 4.09. The Bertz CT molecular complexity index is 518. The fourth-order valence-electron chi connectivity index (χ4n) is 1.96. The second-order valence-electron chi connectivity index (χ2n) is 4.53. The maximum Gasteiger partial charge on any atom is 0.151 e. The van der Waals surface area contributed by atoms with E-state index in [1.165, 1.54) is 0 Å². The van der Waals surface area contributed by atoms with E-state index in [0.29, 0.717) is 0 Å². The Kier molecular flexibility index (Phi) is 3.50. The van der Waals surface area contributed by atoms with Crippen molar-refractivity contribution in [1.82, 2.24) is 14.5 Å². The van der Waals surface area contributed by atoms with E-state index in [2.05, 4.69) is 22.2 Å². The van der Waals surface area contributed by atoms with Crippen LogP contribution in [-0.2, 0) is 7.05 Å². The predicted molar refractivity (Wildman–Crippen MR) is 73.8 cm³/mol. The van der Waals surface area contributed by atoms with E-state index in [1.807, 2.05) is 55.1 Å². The van der Waals surface area contributed by atoms with Crippen LogP contribution in [0.5, 0.6) is 0 Å². The van der Waals surface area contributed by atoms with Crippen molar-refractivity contribution in [3.8, 4) is 0 Å². The van der Waals surface area contributed by atoms with Crippen LogP contribution < -0.4 is 10.2 Å². The van der Waals surface area contributed by atoms with Gasteiger partial charge in [0.1, 0.15) is 5.82 Å². The van der Waals surface area contributed by atoms with E-state index < -0.39 is 0 Å². The molecule has 5 heteroatoms. The van der Waals surface area contributed by atoms with Gasteiger partial charge in [0.25, 0.3) is 0 Å². The lowest BCUT2D eigenvalue weighted by Crippen LogP contribution is -2.17. The van der Waals surface area contributed by atoms with Gasteiger partial charge >= 0.3 is 0 Å². The molecule has 2 heterocycles. The van der Waals surface area contributed by atoms with Gasteiger partial charge in [0.15, 0.2) is 5.82 Å². The molecule has 2 rings (SSSR count). The molecular weight excluding hydrogens is 226 g/mol. The monoisotopic (exact) mass is 245 g/mol. The molecule has 18 heavy (non-hydrogen) atoms. The molecule has 1 atom stereocenters. The SMILES string of the molecule is CC(Nc1cccnc1N(C)C)c1nccn1C. The van der Waals surface area contributed by atoms with Crippen molar-refractivity contribution in [1.29, 1.82) is 0 Å². The maximum absolute atomic E-state index is 4.37. The molecule has 0 spiro atoms. The number of aromatic nitrogens is 3. The Hall–Kier alpha value is -2.04. The van der Waals surface area contributed by atoms with E-state index in [4.69, 9.17) is 0 Å². The summed E-state index contributed by atoms with van der Waals surface area (Å²) in [6.07, 6.45) is 5.55. The fraction of sp³-hybridized carbons (Fsp3) is 0.385. The van der Waals surface area contributed by atoms with E-state index in [0.717, 1.165) is 17.3 Å². The van der Waals surface area contributed by atoms with E-state index in [-0.39, 0.29) is 6.04 Å². The number of imidazole rings is 1. The highest BCUT2D eigenvalue weighted by atomic mass is 15.2. The van der Waals surface area contributed by atoms with Crippen LogP contribution in [0, 0.1) is 0 Å². The second kappa shape index (κ2) is 5.08. The number of hydrogen-bond donors (Lipinski definition) is 1. The summed E-state index contributed by atoms with van der Waals surface area (Å²) >= 11 is 0. The van der Waals surface area contributed by atoms with Gasteiger partial charge in [-0.25, -0.2) is 9.97 Å². The smallest absolute Gasteiger partial charge is 0.151 e. The number of nitrogens with one attached hydrogen (secondary N) is 1. The van der Waals surface area contributed by atoms with Gasteiger partial charge < -0.3 is 14.8 Å². The number of rotatable bonds is 4. The average Bonchev–Trinajstić information content (AvgIpc) is 2.76. The maximum atomic E-state index is 4.37. The van der Waals surface area contributed by atoms with Gasteiger partial charge in [-0.2, -0.15) is 0 Å². The standard InChI is InChI=1S/C13H19N5/c1-10(12-15-8-9-18(12)4)16-11-6-5-7-14-13(11)17(2)3/h5-10,16H,1-4H3. The van der Waals surface area contributed by atoms with Crippen LogP contribution in [0.3, 0.4) is 0 Å². The summed E-state index contributed by atoms with van der Waals surface area (Å²) in [6.45, 7) is 2.09. The van der Waals surface area contributed by atoms with Crippen molar-refractivity contribution in [2.24, 2.45) is 7.05 Å². The Morgan fingerprint density at radius 2 is 2.06 bits per heavy atom. The zero-order chi connectivity index (χ0) is 13.1. The Morgan fingerprint density at radius 3 is 2.67 bits per heavy atom. The van der Waals surface area contributed by atoms with E-state index in [9.17, 15) is 0 Å². The van der Waals surface area contributed by atoms with Crippen molar-refractivity contribution in [2.45, 2.75) is 13.0 Å². The van der Waals surface area contributed by atoms with Gasteiger partial charge in [0, 0.05) is 39.7 Å². The average molecular weight is 245 g/mol. The largest absolute Gasteiger partial charge is 0.372 e. The third kappa shape index (κ3) is 2.45. The minimum Gasteiger partial charge on any atom is -0.372 e. The lowest BCUT2D eigenvalue weighted by Gasteiger charge is -2.20. The summed E-state index contributed by atoms with van der Waals surface area (Å²) in [4.78, 5) is 10.7. The highest BCUT2D eigenvalue weighted by Gasteiger charge is 2.13. The number of anilines is 2. The fourth-order valence-corrected chi connectivity index (χ4v) is 1.96. The molecule has 0 aromatic carbocycles. The molecule has 96 valence electrons. The van der Waals surface area contributed by atoms with Crippen LogP contribution in [0.25, 0.3) is 0 Å². The van der Waals surface area contributed by atoms with Crippen molar-refractivity contribution in [3.05, 3.63) is 36.5 Å². The lowest BCUT2D eigenvalue weighted by atomic mass is 10.2. The molecule has 1 N–H and O–H groups in total. The minimum absolute atomic E-state index is 0.132. The number of aryl methyl sites for hydroxylation is 1. The van der Waals surface area contributed by atoms with Gasteiger partial charge in [0.2, 0.25) is 0 Å². The van der Waals surface area contributed by atoms with Crippen LogP contribution in [0.4, 0.5) is 11.5 Å². The van der Waals surface area contributed by atoms with Crippen molar-refractivity contribution < 1.29 is 0 Å². The van der Waals surface area contributed by atoms with E-state index in [1.54, 1.807) is 6.20 Å². The molecule has 1 unspecified atom stereocenters. The van der Waals surface area contributed by atoms with Gasteiger partial charge in [-0.1, -0.05) is 0 Å². The minimum atomic E-state index is 0.132. The molecule has 0 saturated carbocycles. The van der Waals surface area contributed by atoms with Crippen LogP contribution in [0.2, 0.25) is 0 Å². The second-order valence-corrected chi connectivity index (χ2v) is 4.53. The van der Waals surface area contributed by atoms with Gasteiger partial charge in [-0.3, -0.25) is 0 Å². The zero-order valence-corrected chi connectivity index (χ0v) is 11.3. The summed E-state index contributed by atoms with van der Waals surface area (Å²) < 4.78 is 2.02. The molecule has 0 bridgehead atoms. The molecule has 0 aliphatic rings. The van der Waals surface area contributed by atoms with Gasteiger partial charge in [-0.05, 0) is 19.1 Å². The molecule has 0 saturated heterocycles. The van der Waals surface area contributed by atoms with Crippen LogP contribution in [0.15, 0.2) is 30.7 Å². The number of hydrogen-bond acceptors (Lipinski definition) is 4. The number of pyridine rings is 1. The lowest BCUT2D eigenvalue weighted by molar-refractivity contribution is 0.721. The van der Waals surface area contributed by atoms with Crippen molar-refractivity contribution >= 4 is 11.5 Å². The quantitative estimate of drug-likeness (QED) is 0.895. The third-order valence-electron chi connectivity index (χ3n) is 2.83. The van der Waals surface area contributed by atoms with Crippen LogP contribution >= 0.6 is 0 Å². The van der Waals surface area contributed by atoms with Crippen molar-refractivity contribution in [2.75, 3.05) is 24.3 Å². The van der Waals surface area contributed by atoms with Gasteiger partial charge in [0.05, 0.1) is 11.7 Å². The molecule has 0 aliphatic heterocycles. The third-order valence-corrected chi connectivity index (χ3v) is 2.83. The predicted octanol–water partition coefficient (Wildman–Crippen LogP) is 2.05. The molecular formula is C13H19N5. The molecule has 0 radical (unpaired) electrons. The summed E-state index contributed by atoms with van der Waals surface area (Å²) in [5.41, 5.74) is 1.01. The normalized spacial score (nSPS) is 12.2. The molecule has 5 nitrogen and oxygen atoms in total. The molecule has 0 fully saturated rings. The summed E-state index contributed by atoms with van der Waals surface area (Å²) in [5, 5.41) is 3.45. The van der Waals surface area contributed by atoms with Crippen LogP contribution in [-0.4, -0.2) is 28.6 Å². The molecule has 0 aliphatic carbocycles. The molecule has 0 amide bonds. The first-order valence-electron chi connectivity index (χ1n) is 5.95. The first kappa shape index (κ1) is 12.4. The Balaban J connectivity index is 2.22. The highest BCUT2D eigenvalue weighted by molar-refractivity contribution is 5.65. The summed E-state index contributed by atoms with van der Waals surface area (Å²) in [5.74, 6) is 1.93. The van der Waals surface area contributed by atoms with E-state index >= 15 is 0 Å². The first-order valence-corrected chi connectivity index (χ1v) is 5.95.